The molecule has 1 aromatic carbocycles. The van der Waals surface area contributed by atoms with Crippen LogP contribution in [0.1, 0.15) is 18.3 Å². The Morgan fingerprint density at radius 2 is 2.11 bits per heavy atom. The lowest BCUT2D eigenvalue weighted by Gasteiger charge is -2.16. The molecule has 0 amide bonds. The van der Waals surface area contributed by atoms with E-state index in [1.807, 2.05) is 30.6 Å². The van der Waals surface area contributed by atoms with Crippen LogP contribution in [-0.4, -0.2) is 27.3 Å². The lowest BCUT2D eigenvalue weighted by atomic mass is 10.1. The highest BCUT2D eigenvalue weighted by Gasteiger charge is 2.09. The molecule has 2 aromatic rings. The minimum atomic E-state index is 0.0596. The van der Waals surface area contributed by atoms with Crippen LogP contribution in [0, 0.1) is 0 Å². The fraction of sp³-hybridized carbons (Fsp3) is 0.400. The second-order valence-corrected chi connectivity index (χ2v) is 4.58. The summed E-state index contributed by atoms with van der Waals surface area (Å²) in [6.07, 6.45) is 4.61. The Hall–Kier alpha value is -1.65. The fourth-order valence-electron chi connectivity index (χ4n) is 2.13. The van der Waals surface area contributed by atoms with E-state index in [-0.39, 0.29) is 12.6 Å². The van der Waals surface area contributed by atoms with Crippen LogP contribution >= 0.6 is 0 Å². The van der Waals surface area contributed by atoms with E-state index in [4.69, 9.17) is 0 Å². The lowest BCUT2D eigenvalue weighted by Crippen LogP contribution is -2.34. The summed E-state index contributed by atoms with van der Waals surface area (Å²) < 4.78 is 2.10. The Balaban J connectivity index is 1.89. The highest BCUT2D eigenvalue weighted by Crippen LogP contribution is 2.04. The van der Waals surface area contributed by atoms with Crippen molar-refractivity contribution in [3.05, 3.63) is 54.1 Å². The molecule has 19 heavy (non-hydrogen) atoms. The third-order valence-electron chi connectivity index (χ3n) is 3.24. The Kier molecular flexibility index (Phi) is 5.12. The van der Waals surface area contributed by atoms with E-state index in [1.165, 1.54) is 5.56 Å². The van der Waals surface area contributed by atoms with Crippen LogP contribution in [0.3, 0.4) is 0 Å². The molecule has 4 nitrogen and oxygen atoms in total. The topological polar surface area (TPSA) is 50.1 Å². The molecule has 0 saturated carbocycles. The van der Waals surface area contributed by atoms with Gasteiger partial charge in [0.15, 0.2) is 0 Å². The maximum Gasteiger partial charge on any atom is 0.122 e. The van der Waals surface area contributed by atoms with Crippen LogP contribution < -0.4 is 5.32 Å². The number of nitrogens with one attached hydrogen (secondary N) is 1. The van der Waals surface area contributed by atoms with Crippen molar-refractivity contribution in [1.29, 1.82) is 0 Å². The molecule has 1 atom stereocenters. The van der Waals surface area contributed by atoms with Gasteiger partial charge in [-0.15, -0.1) is 0 Å². The molecule has 0 radical (unpaired) electrons. The van der Waals surface area contributed by atoms with Crippen LogP contribution in [-0.2, 0) is 19.5 Å². The summed E-state index contributed by atoms with van der Waals surface area (Å²) >= 11 is 0. The van der Waals surface area contributed by atoms with Crippen LogP contribution in [0.5, 0.6) is 0 Å². The van der Waals surface area contributed by atoms with Crippen LogP contribution in [0.15, 0.2) is 42.7 Å². The maximum atomic E-state index is 9.45. The number of nitrogens with zero attached hydrogens (tertiary/aromatic N) is 2. The number of aryl methyl sites for hydroxylation is 1. The second kappa shape index (κ2) is 7.07. The van der Waals surface area contributed by atoms with Gasteiger partial charge in [0.1, 0.15) is 5.82 Å². The van der Waals surface area contributed by atoms with E-state index < -0.39 is 0 Å². The molecule has 2 rings (SSSR count). The van der Waals surface area contributed by atoms with Crippen molar-refractivity contribution >= 4 is 0 Å². The average Bonchev–Trinajstić information content (AvgIpc) is 2.92. The molecule has 0 fully saturated rings. The molecular weight excluding hydrogens is 238 g/mol. The highest BCUT2D eigenvalue weighted by atomic mass is 16.3. The minimum absolute atomic E-state index is 0.0596. The highest BCUT2D eigenvalue weighted by molar-refractivity contribution is 5.15. The van der Waals surface area contributed by atoms with Gasteiger partial charge in [0.2, 0.25) is 0 Å². The smallest absolute Gasteiger partial charge is 0.122 e. The SMILES string of the molecule is CCn1ccnc1CNC(CO)Cc1ccccc1. The van der Waals surface area contributed by atoms with Gasteiger partial charge in [-0.3, -0.25) is 0 Å². The molecule has 0 aliphatic rings. The number of aliphatic hydroxyl groups excluding tert-OH is 1. The lowest BCUT2D eigenvalue weighted by molar-refractivity contribution is 0.239. The minimum Gasteiger partial charge on any atom is -0.395 e. The van der Waals surface area contributed by atoms with Gasteiger partial charge >= 0.3 is 0 Å². The summed E-state index contributed by atoms with van der Waals surface area (Å²) in [5.74, 6) is 1.01. The molecule has 0 spiro atoms. The molecular formula is C15H21N3O. The summed E-state index contributed by atoms with van der Waals surface area (Å²) in [6.45, 7) is 3.82. The van der Waals surface area contributed by atoms with E-state index in [2.05, 4.69) is 33.9 Å². The first-order chi connectivity index (χ1) is 9.33. The van der Waals surface area contributed by atoms with E-state index in [1.54, 1.807) is 0 Å². The Labute approximate surface area is 114 Å². The monoisotopic (exact) mass is 259 g/mol. The third kappa shape index (κ3) is 3.91. The second-order valence-electron chi connectivity index (χ2n) is 4.58. The molecule has 2 N–H and O–H groups in total. The molecule has 1 aromatic heterocycles. The van der Waals surface area contributed by atoms with Crippen molar-refractivity contribution in [2.24, 2.45) is 0 Å². The van der Waals surface area contributed by atoms with Gasteiger partial charge in [-0.1, -0.05) is 30.3 Å². The van der Waals surface area contributed by atoms with Crippen molar-refractivity contribution in [3.8, 4) is 0 Å². The van der Waals surface area contributed by atoms with Gasteiger partial charge in [0.25, 0.3) is 0 Å². The van der Waals surface area contributed by atoms with Gasteiger partial charge in [-0.25, -0.2) is 4.98 Å². The first kappa shape index (κ1) is 13.8. The quantitative estimate of drug-likeness (QED) is 0.794. The number of hydrogen-bond acceptors (Lipinski definition) is 3. The number of aliphatic hydroxyl groups is 1. The summed E-state index contributed by atoms with van der Waals surface area (Å²) in [4.78, 5) is 4.32. The largest absolute Gasteiger partial charge is 0.395 e. The average molecular weight is 259 g/mol. The number of benzene rings is 1. The zero-order valence-electron chi connectivity index (χ0n) is 11.3. The molecule has 0 aliphatic carbocycles. The summed E-state index contributed by atoms with van der Waals surface area (Å²) in [7, 11) is 0. The predicted octanol–water partition coefficient (Wildman–Crippen LogP) is 1.60. The standard InChI is InChI=1S/C15H21N3O/c1-2-18-9-8-16-15(18)11-17-14(12-19)10-13-6-4-3-5-7-13/h3-9,14,17,19H,2,10-12H2,1H3. The van der Waals surface area contributed by atoms with E-state index >= 15 is 0 Å². The number of rotatable bonds is 7. The zero-order chi connectivity index (χ0) is 13.5. The predicted molar refractivity (Wildman–Crippen MR) is 75.8 cm³/mol. The van der Waals surface area contributed by atoms with Gasteiger partial charge in [0, 0.05) is 25.0 Å². The van der Waals surface area contributed by atoms with Gasteiger partial charge in [-0.05, 0) is 18.9 Å². The van der Waals surface area contributed by atoms with E-state index in [9.17, 15) is 5.11 Å². The first-order valence-electron chi connectivity index (χ1n) is 6.71. The van der Waals surface area contributed by atoms with Crippen LogP contribution in [0.25, 0.3) is 0 Å². The first-order valence-corrected chi connectivity index (χ1v) is 6.71. The molecule has 1 unspecified atom stereocenters. The van der Waals surface area contributed by atoms with Gasteiger partial charge in [-0.2, -0.15) is 0 Å². The molecule has 0 saturated heterocycles. The zero-order valence-corrected chi connectivity index (χ0v) is 11.3. The van der Waals surface area contributed by atoms with Crippen LogP contribution in [0.4, 0.5) is 0 Å². The molecule has 0 bridgehead atoms. The molecule has 1 heterocycles. The Morgan fingerprint density at radius 1 is 1.32 bits per heavy atom. The van der Waals surface area contributed by atoms with Gasteiger partial charge in [0.05, 0.1) is 13.2 Å². The number of hydrogen-bond donors (Lipinski definition) is 2. The van der Waals surface area contributed by atoms with Gasteiger partial charge < -0.3 is 15.0 Å². The number of aromatic nitrogens is 2. The normalized spacial score (nSPS) is 12.5. The maximum absolute atomic E-state index is 9.45. The van der Waals surface area contributed by atoms with E-state index in [0.717, 1.165) is 18.8 Å². The van der Waals surface area contributed by atoms with Crippen molar-refractivity contribution in [2.45, 2.75) is 32.5 Å². The van der Waals surface area contributed by atoms with Crippen molar-refractivity contribution < 1.29 is 5.11 Å². The number of imidazole rings is 1. The fourth-order valence-corrected chi connectivity index (χ4v) is 2.13. The Bertz CT molecular complexity index is 481. The summed E-state index contributed by atoms with van der Waals surface area (Å²) in [5.41, 5.74) is 1.23. The molecule has 102 valence electrons. The third-order valence-corrected chi connectivity index (χ3v) is 3.24. The van der Waals surface area contributed by atoms with Crippen molar-refractivity contribution in [1.82, 2.24) is 14.9 Å². The summed E-state index contributed by atoms with van der Waals surface area (Å²) in [6, 6.07) is 10.3. The Morgan fingerprint density at radius 3 is 2.79 bits per heavy atom. The van der Waals surface area contributed by atoms with E-state index in [0.29, 0.717) is 6.54 Å². The molecule has 0 aliphatic heterocycles. The summed E-state index contributed by atoms with van der Waals surface area (Å²) in [5, 5.41) is 12.8. The van der Waals surface area contributed by atoms with Crippen molar-refractivity contribution in [2.75, 3.05) is 6.61 Å². The molecule has 4 heteroatoms. The van der Waals surface area contributed by atoms with Crippen molar-refractivity contribution in [3.63, 3.8) is 0 Å². The van der Waals surface area contributed by atoms with Crippen LogP contribution in [0.2, 0.25) is 0 Å².